The average molecular weight is 377 g/mol. The summed E-state index contributed by atoms with van der Waals surface area (Å²) in [6.45, 7) is 1.45. The van der Waals surface area contributed by atoms with Crippen LogP contribution in [0.3, 0.4) is 0 Å². The Balaban J connectivity index is 1.67. The van der Waals surface area contributed by atoms with Gasteiger partial charge in [-0.1, -0.05) is 23.7 Å². The molecular formula is C17H24ClF3N4. The molecule has 1 atom stereocenters. The third-order valence-corrected chi connectivity index (χ3v) is 4.38. The van der Waals surface area contributed by atoms with Crippen LogP contribution in [0, 0.1) is 5.92 Å². The van der Waals surface area contributed by atoms with Crippen LogP contribution >= 0.6 is 11.6 Å². The molecule has 1 saturated heterocycles. The van der Waals surface area contributed by atoms with Crippen molar-refractivity contribution in [1.82, 2.24) is 15.5 Å². The largest absolute Gasteiger partial charge is 0.401 e. The Bertz CT molecular complexity index is 577. The Morgan fingerprint density at radius 2 is 2.16 bits per heavy atom. The van der Waals surface area contributed by atoms with Gasteiger partial charge in [0.1, 0.15) is 0 Å². The van der Waals surface area contributed by atoms with Crippen LogP contribution in [0.2, 0.25) is 5.02 Å². The van der Waals surface area contributed by atoms with E-state index in [0.717, 1.165) is 18.4 Å². The van der Waals surface area contributed by atoms with Crippen molar-refractivity contribution in [3.8, 4) is 0 Å². The lowest BCUT2D eigenvalue weighted by Crippen LogP contribution is -2.41. The summed E-state index contributed by atoms with van der Waals surface area (Å²) in [7, 11) is 1.68. The molecule has 1 aromatic carbocycles. The van der Waals surface area contributed by atoms with Crippen molar-refractivity contribution in [2.45, 2.75) is 19.0 Å². The van der Waals surface area contributed by atoms with E-state index in [0.29, 0.717) is 37.2 Å². The van der Waals surface area contributed by atoms with Gasteiger partial charge in [0.2, 0.25) is 0 Å². The van der Waals surface area contributed by atoms with Gasteiger partial charge in [-0.05, 0) is 43.0 Å². The minimum absolute atomic E-state index is 0.203. The molecular weight excluding hydrogens is 353 g/mol. The van der Waals surface area contributed by atoms with Crippen molar-refractivity contribution >= 4 is 17.6 Å². The quantitative estimate of drug-likeness (QED) is 0.592. The Labute approximate surface area is 151 Å². The molecule has 140 valence electrons. The molecule has 1 fully saturated rings. The van der Waals surface area contributed by atoms with E-state index in [1.807, 2.05) is 24.3 Å². The summed E-state index contributed by atoms with van der Waals surface area (Å²) in [5.41, 5.74) is 1.13. The zero-order chi connectivity index (χ0) is 18.3. The summed E-state index contributed by atoms with van der Waals surface area (Å²) in [6, 6.07) is 7.69. The third kappa shape index (κ3) is 7.52. The highest BCUT2D eigenvalue weighted by Gasteiger charge is 2.34. The standard InChI is InChI=1S/C17H24ClF3N4/c1-22-16(23-7-5-13-3-2-4-15(18)9-13)24-10-14-6-8-25(11-14)12-17(19,20)21/h2-4,9,14H,5-8,10-12H2,1H3,(H2,22,23,24). The van der Waals surface area contributed by atoms with E-state index in [-0.39, 0.29) is 5.92 Å². The van der Waals surface area contributed by atoms with E-state index >= 15 is 0 Å². The number of rotatable bonds is 6. The fraction of sp³-hybridized carbons (Fsp3) is 0.588. The number of hydrogen-bond donors (Lipinski definition) is 2. The molecule has 25 heavy (non-hydrogen) atoms. The molecule has 0 amide bonds. The third-order valence-electron chi connectivity index (χ3n) is 4.15. The van der Waals surface area contributed by atoms with E-state index in [4.69, 9.17) is 11.6 Å². The molecule has 1 heterocycles. The Morgan fingerprint density at radius 3 is 2.84 bits per heavy atom. The lowest BCUT2D eigenvalue weighted by atomic mass is 10.1. The first-order chi connectivity index (χ1) is 11.9. The van der Waals surface area contributed by atoms with Gasteiger partial charge in [0.15, 0.2) is 5.96 Å². The van der Waals surface area contributed by atoms with Crippen LogP contribution in [0.4, 0.5) is 13.2 Å². The summed E-state index contributed by atoms with van der Waals surface area (Å²) in [5.74, 6) is 0.866. The van der Waals surface area contributed by atoms with E-state index in [1.165, 1.54) is 4.90 Å². The van der Waals surface area contributed by atoms with Crippen LogP contribution in [0.5, 0.6) is 0 Å². The number of benzene rings is 1. The highest BCUT2D eigenvalue weighted by molar-refractivity contribution is 6.30. The van der Waals surface area contributed by atoms with Gasteiger partial charge in [0.05, 0.1) is 6.54 Å². The second-order valence-corrected chi connectivity index (χ2v) is 6.70. The number of guanidine groups is 1. The number of aliphatic imine (C=N–C) groups is 1. The SMILES string of the molecule is CN=C(NCCc1cccc(Cl)c1)NCC1CCN(CC(F)(F)F)C1. The fourth-order valence-corrected chi connectivity index (χ4v) is 3.17. The van der Waals surface area contributed by atoms with Crippen LogP contribution in [-0.2, 0) is 6.42 Å². The lowest BCUT2D eigenvalue weighted by Gasteiger charge is -2.18. The predicted octanol–water partition coefficient (Wildman–Crippen LogP) is 2.93. The number of likely N-dealkylation sites (tertiary alicyclic amines) is 1. The molecule has 0 bridgehead atoms. The van der Waals surface area contributed by atoms with Gasteiger partial charge in [-0.3, -0.25) is 9.89 Å². The van der Waals surface area contributed by atoms with Crippen molar-refractivity contribution in [3.63, 3.8) is 0 Å². The van der Waals surface area contributed by atoms with E-state index in [9.17, 15) is 13.2 Å². The minimum atomic E-state index is -4.12. The van der Waals surface area contributed by atoms with Crippen molar-refractivity contribution in [1.29, 1.82) is 0 Å². The van der Waals surface area contributed by atoms with Gasteiger partial charge < -0.3 is 10.6 Å². The zero-order valence-electron chi connectivity index (χ0n) is 14.2. The molecule has 0 radical (unpaired) electrons. The number of halogens is 4. The molecule has 1 aliphatic rings. The van der Waals surface area contributed by atoms with Crippen LogP contribution in [0.15, 0.2) is 29.3 Å². The predicted molar refractivity (Wildman–Crippen MR) is 95.1 cm³/mol. The van der Waals surface area contributed by atoms with E-state index in [2.05, 4.69) is 15.6 Å². The zero-order valence-corrected chi connectivity index (χ0v) is 15.0. The van der Waals surface area contributed by atoms with Crippen LogP contribution in [0.25, 0.3) is 0 Å². The van der Waals surface area contributed by atoms with Gasteiger partial charge in [-0.15, -0.1) is 0 Å². The maximum atomic E-state index is 12.4. The Hall–Kier alpha value is -1.47. The summed E-state index contributed by atoms with van der Waals surface area (Å²) < 4.78 is 37.2. The molecule has 4 nitrogen and oxygen atoms in total. The van der Waals surface area contributed by atoms with E-state index in [1.54, 1.807) is 7.05 Å². The van der Waals surface area contributed by atoms with Crippen LogP contribution < -0.4 is 10.6 Å². The maximum Gasteiger partial charge on any atom is 0.401 e. The van der Waals surface area contributed by atoms with Gasteiger partial charge >= 0.3 is 6.18 Å². The molecule has 0 aliphatic carbocycles. The minimum Gasteiger partial charge on any atom is -0.356 e. The molecule has 2 N–H and O–H groups in total. The Kier molecular flexibility index (Phi) is 7.38. The second-order valence-electron chi connectivity index (χ2n) is 6.26. The number of alkyl halides is 3. The summed E-state index contributed by atoms with van der Waals surface area (Å²) in [6.07, 6.45) is -2.55. The number of nitrogens with one attached hydrogen (secondary N) is 2. The topological polar surface area (TPSA) is 39.7 Å². The number of nitrogens with zero attached hydrogens (tertiary/aromatic N) is 2. The van der Waals surface area contributed by atoms with Gasteiger partial charge in [-0.25, -0.2) is 0 Å². The number of hydrogen-bond acceptors (Lipinski definition) is 2. The van der Waals surface area contributed by atoms with Gasteiger partial charge in [0.25, 0.3) is 0 Å². The first-order valence-electron chi connectivity index (χ1n) is 8.34. The van der Waals surface area contributed by atoms with E-state index < -0.39 is 12.7 Å². The molecule has 1 aromatic rings. The van der Waals surface area contributed by atoms with Crippen LogP contribution in [-0.4, -0.2) is 56.8 Å². The molecule has 0 aromatic heterocycles. The molecule has 1 aliphatic heterocycles. The smallest absolute Gasteiger partial charge is 0.356 e. The molecule has 1 unspecified atom stereocenters. The van der Waals surface area contributed by atoms with Crippen molar-refractivity contribution in [2.75, 3.05) is 39.8 Å². The normalized spacial score (nSPS) is 19.2. The lowest BCUT2D eigenvalue weighted by molar-refractivity contribution is -0.143. The van der Waals surface area contributed by atoms with Crippen molar-refractivity contribution < 1.29 is 13.2 Å². The average Bonchev–Trinajstić information content (AvgIpc) is 2.96. The highest BCUT2D eigenvalue weighted by atomic mass is 35.5. The summed E-state index contributed by atoms with van der Waals surface area (Å²) in [5, 5.41) is 7.12. The first-order valence-corrected chi connectivity index (χ1v) is 8.71. The first kappa shape index (κ1) is 19.8. The van der Waals surface area contributed by atoms with Crippen LogP contribution in [0.1, 0.15) is 12.0 Å². The van der Waals surface area contributed by atoms with Gasteiger partial charge in [-0.2, -0.15) is 13.2 Å². The maximum absolute atomic E-state index is 12.4. The second kappa shape index (κ2) is 9.29. The molecule has 8 heteroatoms. The highest BCUT2D eigenvalue weighted by Crippen LogP contribution is 2.22. The summed E-state index contributed by atoms with van der Waals surface area (Å²) in [4.78, 5) is 5.61. The molecule has 0 saturated carbocycles. The van der Waals surface area contributed by atoms with Crippen molar-refractivity contribution in [3.05, 3.63) is 34.9 Å². The van der Waals surface area contributed by atoms with Crippen molar-refractivity contribution in [2.24, 2.45) is 10.9 Å². The molecule has 2 rings (SSSR count). The summed E-state index contributed by atoms with van der Waals surface area (Å²) >= 11 is 5.96. The Morgan fingerprint density at radius 1 is 1.36 bits per heavy atom. The monoisotopic (exact) mass is 376 g/mol. The van der Waals surface area contributed by atoms with Gasteiger partial charge in [0, 0.05) is 31.7 Å². The fourth-order valence-electron chi connectivity index (χ4n) is 2.96. The molecule has 0 spiro atoms.